The number of hydrogen-bond donors (Lipinski definition) is 2. The lowest BCUT2D eigenvalue weighted by Crippen LogP contribution is -2.26. The lowest BCUT2D eigenvalue weighted by molar-refractivity contribution is -0.114. The van der Waals surface area contributed by atoms with Crippen molar-refractivity contribution in [1.82, 2.24) is 14.6 Å². The number of nitrogens with one attached hydrogen (secondary N) is 2. The van der Waals surface area contributed by atoms with E-state index in [2.05, 4.69) is 15.0 Å². The van der Waals surface area contributed by atoms with Gasteiger partial charge in [-0.2, -0.15) is 0 Å². The van der Waals surface area contributed by atoms with Crippen molar-refractivity contribution in [2.75, 3.05) is 32.5 Å². The van der Waals surface area contributed by atoms with Crippen LogP contribution < -0.4 is 10.0 Å². The van der Waals surface area contributed by atoms with Crippen LogP contribution in [0, 0.1) is 0 Å². The number of thiazole rings is 1. The van der Waals surface area contributed by atoms with Crippen LogP contribution in [-0.2, 0) is 21.2 Å². The molecular weight excluding hydrogens is 380 g/mol. The molecule has 2 aromatic heterocycles. The molecule has 0 aliphatic heterocycles. The second-order valence-corrected chi connectivity index (χ2v) is 9.84. The third kappa shape index (κ3) is 6.48. The molecular formula is C15H22N4O3S3. The molecule has 2 N–H and O–H groups in total. The second-order valence-electron chi connectivity index (χ2n) is 5.82. The third-order valence-corrected chi connectivity index (χ3v) is 7.05. The topological polar surface area (TPSA) is 91.4 Å². The Morgan fingerprint density at radius 2 is 2.12 bits per heavy atom. The maximum atomic E-state index is 12.3. The highest BCUT2D eigenvalue weighted by Gasteiger charge is 2.16. The van der Waals surface area contributed by atoms with Gasteiger partial charge in [-0.1, -0.05) is 0 Å². The Morgan fingerprint density at radius 3 is 2.80 bits per heavy atom. The molecule has 10 heteroatoms. The Bertz CT molecular complexity index is 812. The summed E-state index contributed by atoms with van der Waals surface area (Å²) in [7, 11) is 0.451. The first-order valence-corrected chi connectivity index (χ1v) is 10.9. The first-order chi connectivity index (χ1) is 11.8. The van der Waals surface area contributed by atoms with Crippen molar-refractivity contribution < 1.29 is 13.2 Å². The Hall–Kier alpha value is -1.33. The van der Waals surface area contributed by atoms with Crippen molar-refractivity contribution in [3.63, 3.8) is 0 Å². The average molecular weight is 403 g/mol. The molecule has 0 fully saturated rings. The number of thiophene rings is 1. The molecule has 0 bridgehead atoms. The lowest BCUT2D eigenvalue weighted by Gasteiger charge is -2.09. The van der Waals surface area contributed by atoms with E-state index in [0.29, 0.717) is 22.3 Å². The van der Waals surface area contributed by atoms with Crippen LogP contribution in [0.5, 0.6) is 0 Å². The minimum absolute atomic E-state index is 0.162. The van der Waals surface area contributed by atoms with Crippen LogP contribution >= 0.6 is 22.7 Å². The number of hydrogen-bond acceptors (Lipinski definition) is 7. The van der Waals surface area contributed by atoms with Gasteiger partial charge in [-0.3, -0.25) is 4.79 Å². The van der Waals surface area contributed by atoms with Crippen molar-refractivity contribution in [1.29, 1.82) is 0 Å². The first-order valence-electron chi connectivity index (χ1n) is 7.70. The number of carbonyl (C=O) groups is 1. The van der Waals surface area contributed by atoms with Crippen molar-refractivity contribution in [2.45, 2.75) is 24.0 Å². The zero-order chi connectivity index (χ0) is 18.4. The first kappa shape index (κ1) is 20.0. The molecule has 138 valence electrons. The van der Waals surface area contributed by atoms with E-state index >= 15 is 0 Å². The third-order valence-electron chi connectivity index (χ3n) is 3.18. The number of rotatable bonds is 9. The largest absolute Gasteiger partial charge is 0.309 e. The van der Waals surface area contributed by atoms with Crippen molar-refractivity contribution in [3.05, 3.63) is 28.1 Å². The maximum Gasteiger partial charge on any atom is 0.250 e. The van der Waals surface area contributed by atoms with Crippen molar-refractivity contribution >= 4 is 43.7 Å². The number of amides is 1. The van der Waals surface area contributed by atoms with Gasteiger partial charge in [0.05, 0.1) is 0 Å². The lowest BCUT2D eigenvalue weighted by atomic mass is 10.2. The molecule has 2 rings (SSSR count). The Morgan fingerprint density at radius 1 is 1.36 bits per heavy atom. The molecule has 0 radical (unpaired) electrons. The van der Waals surface area contributed by atoms with E-state index in [9.17, 15) is 13.2 Å². The summed E-state index contributed by atoms with van der Waals surface area (Å²) in [5.41, 5.74) is 0.914. The average Bonchev–Trinajstić information content (AvgIpc) is 3.13. The summed E-state index contributed by atoms with van der Waals surface area (Å²) in [6.45, 7) is 2.69. The quantitative estimate of drug-likeness (QED) is 0.626. The van der Waals surface area contributed by atoms with Gasteiger partial charge in [-0.15, -0.1) is 22.7 Å². The fourth-order valence-corrected chi connectivity index (χ4v) is 5.28. The van der Waals surface area contributed by atoms with Crippen LogP contribution in [0.15, 0.2) is 21.9 Å². The Labute approximate surface area is 156 Å². The minimum Gasteiger partial charge on any atom is -0.309 e. The smallest absolute Gasteiger partial charge is 0.250 e. The predicted molar refractivity (Wildman–Crippen MR) is 102 cm³/mol. The summed E-state index contributed by atoms with van der Waals surface area (Å²) in [5.74, 6) is -0.162. The van der Waals surface area contributed by atoms with Crippen LogP contribution in [0.3, 0.4) is 0 Å². The summed E-state index contributed by atoms with van der Waals surface area (Å²) >= 11 is 2.60. The molecule has 0 spiro atoms. The zero-order valence-electron chi connectivity index (χ0n) is 14.4. The summed E-state index contributed by atoms with van der Waals surface area (Å²) in [6.07, 6.45) is 3.04. The summed E-state index contributed by atoms with van der Waals surface area (Å²) in [5, 5.41) is 5.03. The van der Waals surface area contributed by atoms with Crippen LogP contribution in [-0.4, -0.2) is 51.4 Å². The molecule has 0 aliphatic rings. The van der Waals surface area contributed by atoms with E-state index in [1.807, 2.05) is 24.4 Å². The second kappa shape index (κ2) is 8.86. The molecule has 0 unspecified atom stereocenters. The molecule has 2 aromatic rings. The molecule has 7 nitrogen and oxygen atoms in total. The van der Waals surface area contributed by atoms with Crippen molar-refractivity contribution in [3.8, 4) is 0 Å². The highest BCUT2D eigenvalue weighted by molar-refractivity contribution is 7.91. The normalized spacial score (nSPS) is 11.8. The summed E-state index contributed by atoms with van der Waals surface area (Å²) < 4.78 is 27.5. The Balaban J connectivity index is 1.94. The molecule has 0 saturated heterocycles. The Kier molecular flexibility index (Phi) is 7.08. The van der Waals surface area contributed by atoms with Gasteiger partial charge in [0.2, 0.25) is 15.9 Å². The predicted octanol–water partition coefficient (Wildman–Crippen LogP) is 1.98. The van der Waals surface area contributed by atoms with Crippen LogP contribution in [0.4, 0.5) is 5.13 Å². The monoisotopic (exact) mass is 402 g/mol. The van der Waals surface area contributed by atoms with E-state index in [0.717, 1.165) is 23.4 Å². The van der Waals surface area contributed by atoms with Gasteiger partial charge in [0, 0.05) is 31.0 Å². The van der Waals surface area contributed by atoms with Crippen LogP contribution in [0.2, 0.25) is 0 Å². The SMILES string of the molecule is CC(=O)Nc1ncc(Cc2csc(S(=O)(=O)NCCCN(C)C)c2)s1. The van der Waals surface area contributed by atoms with Crippen LogP contribution in [0.1, 0.15) is 23.8 Å². The van der Waals surface area contributed by atoms with Gasteiger partial charge in [0.25, 0.3) is 0 Å². The minimum atomic E-state index is -3.46. The number of anilines is 1. The summed E-state index contributed by atoms with van der Waals surface area (Å²) in [4.78, 5) is 18.1. The fraction of sp³-hybridized carbons (Fsp3) is 0.467. The van der Waals surface area contributed by atoms with Gasteiger partial charge < -0.3 is 10.2 Å². The van der Waals surface area contributed by atoms with E-state index < -0.39 is 10.0 Å². The van der Waals surface area contributed by atoms with Gasteiger partial charge in [-0.05, 0) is 44.1 Å². The van der Waals surface area contributed by atoms with E-state index in [-0.39, 0.29) is 5.91 Å². The number of aromatic nitrogens is 1. The molecule has 0 aliphatic carbocycles. The highest BCUT2D eigenvalue weighted by atomic mass is 32.2. The number of carbonyl (C=O) groups excluding carboxylic acids is 1. The van der Waals surface area contributed by atoms with E-state index in [4.69, 9.17) is 0 Å². The molecule has 25 heavy (non-hydrogen) atoms. The highest BCUT2D eigenvalue weighted by Crippen LogP contribution is 2.25. The van der Waals surface area contributed by atoms with Gasteiger partial charge in [0.1, 0.15) is 4.21 Å². The molecule has 1 amide bonds. The van der Waals surface area contributed by atoms with E-state index in [1.165, 1.54) is 29.6 Å². The molecule has 0 saturated carbocycles. The molecule has 0 aromatic carbocycles. The maximum absolute atomic E-state index is 12.3. The zero-order valence-corrected chi connectivity index (χ0v) is 16.9. The molecule has 2 heterocycles. The number of sulfonamides is 1. The van der Waals surface area contributed by atoms with Gasteiger partial charge in [-0.25, -0.2) is 18.1 Å². The molecule has 0 atom stereocenters. The fourth-order valence-electron chi connectivity index (χ4n) is 2.06. The van der Waals surface area contributed by atoms with Gasteiger partial charge in [0.15, 0.2) is 5.13 Å². The number of nitrogens with zero attached hydrogens (tertiary/aromatic N) is 2. The van der Waals surface area contributed by atoms with Crippen LogP contribution in [0.25, 0.3) is 0 Å². The van der Waals surface area contributed by atoms with Crippen molar-refractivity contribution in [2.24, 2.45) is 0 Å². The van der Waals surface area contributed by atoms with E-state index in [1.54, 1.807) is 12.3 Å². The van der Waals surface area contributed by atoms with Gasteiger partial charge >= 0.3 is 0 Å². The standard InChI is InChI=1S/C15H22N4O3S3/c1-11(20)18-15-16-9-13(24-15)7-12-8-14(23-10-12)25(21,22)17-5-4-6-19(2)3/h8-10,17H,4-7H2,1-3H3,(H,16,18,20). The summed E-state index contributed by atoms with van der Waals surface area (Å²) in [6, 6.07) is 1.69.